The van der Waals surface area contributed by atoms with Crippen molar-refractivity contribution in [2.24, 2.45) is 0 Å². The summed E-state index contributed by atoms with van der Waals surface area (Å²) in [7, 11) is 3.17. The molecular formula is C19H20N2O3. The van der Waals surface area contributed by atoms with Gasteiger partial charge in [0.05, 0.1) is 31.9 Å². The fourth-order valence-corrected chi connectivity index (χ4v) is 2.52. The van der Waals surface area contributed by atoms with Gasteiger partial charge in [0, 0.05) is 5.56 Å². The molecule has 0 aliphatic heterocycles. The molecule has 0 aromatic heterocycles. The summed E-state index contributed by atoms with van der Waals surface area (Å²) in [6.07, 6.45) is 0. The molecule has 0 fully saturated rings. The Kier molecular flexibility index (Phi) is 5.43. The molecule has 0 aliphatic carbocycles. The Balaban J connectivity index is 2.21. The lowest BCUT2D eigenvalue weighted by molar-refractivity contribution is 0.0939. The van der Waals surface area contributed by atoms with Crippen LogP contribution in [0.25, 0.3) is 0 Å². The van der Waals surface area contributed by atoms with Crippen molar-refractivity contribution in [1.29, 1.82) is 5.26 Å². The summed E-state index contributed by atoms with van der Waals surface area (Å²) in [5, 5.41) is 11.8. The van der Waals surface area contributed by atoms with Crippen LogP contribution in [0.1, 0.15) is 40.0 Å². The lowest BCUT2D eigenvalue weighted by Gasteiger charge is -2.19. The SMILES string of the molecule is COc1cc(C)c([C@H](C)NC(=O)c2ccc(C#N)cc2)cc1OC. The van der Waals surface area contributed by atoms with Gasteiger partial charge in [-0.25, -0.2) is 0 Å². The van der Waals surface area contributed by atoms with Crippen LogP contribution in [0.4, 0.5) is 0 Å². The Hall–Kier alpha value is -3.00. The zero-order valence-corrected chi connectivity index (χ0v) is 14.2. The standard InChI is InChI=1S/C19H20N2O3/c1-12-9-17(23-3)18(24-4)10-16(12)13(2)21-19(22)15-7-5-14(11-20)6-8-15/h5-10,13H,1-4H3,(H,21,22)/t13-/m0/s1. The normalized spacial score (nSPS) is 11.3. The van der Waals surface area contributed by atoms with Gasteiger partial charge in [-0.2, -0.15) is 5.26 Å². The number of carbonyl (C=O) groups excluding carboxylic acids is 1. The first-order valence-corrected chi connectivity index (χ1v) is 7.53. The zero-order valence-electron chi connectivity index (χ0n) is 14.2. The first-order valence-electron chi connectivity index (χ1n) is 7.53. The molecule has 0 unspecified atom stereocenters. The molecule has 0 radical (unpaired) electrons. The van der Waals surface area contributed by atoms with Crippen molar-refractivity contribution in [3.63, 3.8) is 0 Å². The molecule has 2 aromatic carbocycles. The maximum atomic E-state index is 12.4. The van der Waals surface area contributed by atoms with Crippen molar-refractivity contribution in [2.45, 2.75) is 19.9 Å². The van der Waals surface area contributed by atoms with E-state index in [-0.39, 0.29) is 11.9 Å². The van der Waals surface area contributed by atoms with Gasteiger partial charge in [-0.3, -0.25) is 4.79 Å². The summed E-state index contributed by atoms with van der Waals surface area (Å²) >= 11 is 0. The van der Waals surface area contributed by atoms with Crippen LogP contribution in [0, 0.1) is 18.3 Å². The van der Waals surface area contributed by atoms with Gasteiger partial charge in [0.1, 0.15) is 0 Å². The molecule has 0 bridgehead atoms. The lowest BCUT2D eigenvalue weighted by atomic mass is 10.0. The molecule has 0 aliphatic rings. The molecule has 1 N–H and O–H groups in total. The van der Waals surface area contributed by atoms with E-state index in [4.69, 9.17) is 14.7 Å². The van der Waals surface area contributed by atoms with Crippen LogP contribution in [0.3, 0.4) is 0 Å². The molecule has 1 atom stereocenters. The van der Waals surface area contributed by atoms with Crippen LogP contribution in [0.2, 0.25) is 0 Å². The molecule has 124 valence electrons. The van der Waals surface area contributed by atoms with Crippen LogP contribution in [0.15, 0.2) is 36.4 Å². The highest BCUT2D eigenvalue weighted by molar-refractivity contribution is 5.94. The number of ether oxygens (including phenoxy) is 2. The molecular weight excluding hydrogens is 304 g/mol. The maximum Gasteiger partial charge on any atom is 0.251 e. The second-order valence-electron chi connectivity index (χ2n) is 5.45. The first-order chi connectivity index (χ1) is 11.5. The van der Waals surface area contributed by atoms with Crippen LogP contribution in [-0.2, 0) is 0 Å². The lowest BCUT2D eigenvalue weighted by Crippen LogP contribution is -2.27. The van der Waals surface area contributed by atoms with Gasteiger partial charge in [0.2, 0.25) is 0 Å². The van der Waals surface area contributed by atoms with Gasteiger partial charge in [-0.15, -0.1) is 0 Å². The number of nitrogens with zero attached hydrogens (tertiary/aromatic N) is 1. The van der Waals surface area contributed by atoms with Gasteiger partial charge >= 0.3 is 0 Å². The van der Waals surface area contributed by atoms with Crippen LogP contribution in [-0.4, -0.2) is 20.1 Å². The minimum Gasteiger partial charge on any atom is -0.493 e. The van der Waals surface area contributed by atoms with Crippen molar-refractivity contribution in [1.82, 2.24) is 5.32 Å². The number of rotatable bonds is 5. The predicted molar refractivity (Wildman–Crippen MR) is 91.3 cm³/mol. The highest BCUT2D eigenvalue weighted by atomic mass is 16.5. The van der Waals surface area contributed by atoms with E-state index < -0.39 is 0 Å². The Morgan fingerprint density at radius 3 is 2.25 bits per heavy atom. The van der Waals surface area contributed by atoms with E-state index >= 15 is 0 Å². The van der Waals surface area contributed by atoms with Crippen LogP contribution < -0.4 is 14.8 Å². The van der Waals surface area contributed by atoms with Crippen molar-refractivity contribution in [2.75, 3.05) is 14.2 Å². The molecule has 5 heteroatoms. The summed E-state index contributed by atoms with van der Waals surface area (Å²) in [5.74, 6) is 1.09. The molecule has 24 heavy (non-hydrogen) atoms. The average molecular weight is 324 g/mol. The second kappa shape index (κ2) is 7.51. The van der Waals surface area contributed by atoms with E-state index in [1.807, 2.05) is 32.0 Å². The molecule has 5 nitrogen and oxygen atoms in total. The van der Waals surface area contributed by atoms with Crippen molar-refractivity contribution in [3.8, 4) is 17.6 Å². The molecule has 0 saturated heterocycles. The van der Waals surface area contributed by atoms with E-state index in [2.05, 4.69) is 5.32 Å². The Morgan fingerprint density at radius 2 is 1.71 bits per heavy atom. The minimum absolute atomic E-state index is 0.193. The summed E-state index contributed by atoms with van der Waals surface area (Å²) in [6.45, 7) is 3.87. The number of nitrogens with one attached hydrogen (secondary N) is 1. The van der Waals surface area contributed by atoms with Gasteiger partial charge in [0.15, 0.2) is 11.5 Å². The van der Waals surface area contributed by atoms with Crippen LogP contribution in [0.5, 0.6) is 11.5 Å². The third kappa shape index (κ3) is 3.66. The van der Waals surface area contributed by atoms with Gasteiger partial charge < -0.3 is 14.8 Å². The average Bonchev–Trinajstić information content (AvgIpc) is 2.61. The topological polar surface area (TPSA) is 71.3 Å². The molecule has 2 aromatic rings. The summed E-state index contributed by atoms with van der Waals surface area (Å²) in [4.78, 5) is 12.4. The van der Waals surface area contributed by atoms with E-state index in [0.29, 0.717) is 22.6 Å². The molecule has 0 saturated carbocycles. The Morgan fingerprint density at radius 1 is 1.12 bits per heavy atom. The van der Waals surface area contributed by atoms with Gasteiger partial charge in [-0.05, 0) is 61.4 Å². The first kappa shape index (κ1) is 17.4. The number of hydrogen-bond donors (Lipinski definition) is 1. The molecule has 1 amide bonds. The largest absolute Gasteiger partial charge is 0.493 e. The monoisotopic (exact) mass is 324 g/mol. The van der Waals surface area contributed by atoms with Crippen molar-refractivity contribution < 1.29 is 14.3 Å². The smallest absolute Gasteiger partial charge is 0.251 e. The van der Waals surface area contributed by atoms with E-state index in [1.165, 1.54) is 0 Å². The fraction of sp³-hybridized carbons (Fsp3) is 0.263. The number of carbonyl (C=O) groups is 1. The maximum absolute atomic E-state index is 12.4. The highest BCUT2D eigenvalue weighted by Gasteiger charge is 2.16. The number of benzene rings is 2. The predicted octanol–water partition coefficient (Wildman–Crippen LogP) is 3.37. The summed E-state index contributed by atoms with van der Waals surface area (Å²) in [6, 6.07) is 12.1. The third-order valence-corrected chi connectivity index (χ3v) is 3.86. The van der Waals surface area contributed by atoms with Gasteiger partial charge in [-0.1, -0.05) is 0 Å². The highest BCUT2D eigenvalue weighted by Crippen LogP contribution is 2.32. The number of nitriles is 1. The van der Waals surface area contributed by atoms with Gasteiger partial charge in [0.25, 0.3) is 5.91 Å². The Bertz CT molecular complexity index is 776. The van der Waals surface area contributed by atoms with E-state index in [9.17, 15) is 4.79 Å². The number of hydrogen-bond acceptors (Lipinski definition) is 4. The molecule has 0 heterocycles. The zero-order chi connectivity index (χ0) is 17.7. The summed E-state index contributed by atoms with van der Waals surface area (Å²) < 4.78 is 10.6. The number of amides is 1. The van der Waals surface area contributed by atoms with E-state index in [0.717, 1.165) is 11.1 Å². The molecule has 2 rings (SSSR count). The quantitative estimate of drug-likeness (QED) is 0.915. The second-order valence-corrected chi connectivity index (χ2v) is 5.45. The minimum atomic E-state index is -0.201. The fourth-order valence-electron chi connectivity index (χ4n) is 2.52. The third-order valence-electron chi connectivity index (χ3n) is 3.86. The van der Waals surface area contributed by atoms with Crippen molar-refractivity contribution >= 4 is 5.91 Å². The molecule has 0 spiro atoms. The Labute approximate surface area is 141 Å². The van der Waals surface area contributed by atoms with Crippen molar-refractivity contribution in [3.05, 3.63) is 58.7 Å². The summed E-state index contributed by atoms with van der Waals surface area (Å²) in [5.41, 5.74) is 2.99. The van der Waals surface area contributed by atoms with Crippen LogP contribution >= 0.6 is 0 Å². The number of aryl methyl sites for hydroxylation is 1. The number of methoxy groups -OCH3 is 2. The van der Waals surface area contributed by atoms with E-state index in [1.54, 1.807) is 38.5 Å².